The number of para-hydroxylation sites is 1. The second-order valence-electron chi connectivity index (χ2n) is 5.17. The maximum Gasteiger partial charge on any atom is 0.311 e. The molecule has 1 aliphatic rings. The topological polar surface area (TPSA) is 92.9 Å². The fourth-order valence-electron chi connectivity index (χ4n) is 2.46. The number of ether oxygens (including phenoxy) is 1. The van der Waals surface area contributed by atoms with E-state index in [1.165, 1.54) is 23.1 Å². The molecule has 0 atom stereocenters. The summed E-state index contributed by atoms with van der Waals surface area (Å²) in [6.45, 7) is 1.92. The highest BCUT2D eigenvalue weighted by Gasteiger charge is 2.25. The summed E-state index contributed by atoms with van der Waals surface area (Å²) < 4.78 is 5.27. The Hall–Kier alpha value is -2.15. The minimum absolute atomic E-state index is 0.0428. The minimum Gasteiger partial charge on any atom is -0.502 e. The Morgan fingerprint density at radius 3 is 2.76 bits per heavy atom. The third-order valence-corrected chi connectivity index (χ3v) is 3.66. The van der Waals surface area contributed by atoms with E-state index in [0.717, 1.165) is 12.8 Å². The lowest BCUT2D eigenvalue weighted by atomic mass is 9.99. The van der Waals surface area contributed by atoms with Crippen LogP contribution >= 0.6 is 0 Å². The van der Waals surface area contributed by atoms with Crippen LogP contribution < -0.4 is 0 Å². The highest BCUT2D eigenvalue weighted by Crippen LogP contribution is 2.30. The first-order valence-electron chi connectivity index (χ1n) is 6.80. The summed E-state index contributed by atoms with van der Waals surface area (Å²) in [6, 6.07) is 3.96. The number of phenols is 1. The van der Waals surface area contributed by atoms with Gasteiger partial charge >= 0.3 is 5.69 Å². The summed E-state index contributed by atoms with van der Waals surface area (Å²) in [6.07, 6.45) is 1.77. The van der Waals surface area contributed by atoms with Crippen molar-refractivity contribution in [2.45, 2.75) is 12.8 Å². The van der Waals surface area contributed by atoms with E-state index in [-0.39, 0.29) is 5.56 Å². The number of benzene rings is 1. The number of carbonyl (C=O) groups is 1. The molecule has 1 fully saturated rings. The van der Waals surface area contributed by atoms with Crippen LogP contribution in [0.2, 0.25) is 0 Å². The maximum absolute atomic E-state index is 12.3. The molecule has 114 valence electrons. The number of nitro groups is 1. The summed E-state index contributed by atoms with van der Waals surface area (Å²) >= 11 is 0. The van der Waals surface area contributed by atoms with Gasteiger partial charge in [0, 0.05) is 32.9 Å². The van der Waals surface area contributed by atoms with Gasteiger partial charge in [-0.2, -0.15) is 0 Å². The number of carbonyl (C=O) groups excluding carboxylic acids is 1. The fraction of sp³-hybridized carbons (Fsp3) is 0.500. The van der Waals surface area contributed by atoms with Gasteiger partial charge in [-0.25, -0.2) is 0 Å². The lowest BCUT2D eigenvalue weighted by Gasteiger charge is -2.27. The Morgan fingerprint density at radius 1 is 1.48 bits per heavy atom. The molecule has 0 bridgehead atoms. The molecule has 21 heavy (non-hydrogen) atoms. The van der Waals surface area contributed by atoms with Crippen LogP contribution in [-0.2, 0) is 4.74 Å². The molecule has 1 amide bonds. The average Bonchev–Trinajstić information content (AvgIpc) is 2.47. The number of hydrogen-bond donors (Lipinski definition) is 1. The molecule has 0 aromatic heterocycles. The van der Waals surface area contributed by atoms with E-state index < -0.39 is 22.3 Å². The molecular weight excluding hydrogens is 276 g/mol. The first-order chi connectivity index (χ1) is 10.0. The van der Waals surface area contributed by atoms with Crippen LogP contribution in [0.3, 0.4) is 0 Å². The van der Waals surface area contributed by atoms with Crippen LogP contribution in [0.25, 0.3) is 0 Å². The van der Waals surface area contributed by atoms with Gasteiger partial charge in [-0.15, -0.1) is 0 Å². The van der Waals surface area contributed by atoms with Crippen molar-refractivity contribution in [1.29, 1.82) is 0 Å². The van der Waals surface area contributed by atoms with Crippen molar-refractivity contribution in [3.63, 3.8) is 0 Å². The monoisotopic (exact) mass is 294 g/mol. The highest BCUT2D eigenvalue weighted by atomic mass is 16.6. The van der Waals surface area contributed by atoms with Crippen molar-refractivity contribution in [3.05, 3.63) is 33.9 Å². The molecule has 1 aromatic carbocycles. The number of amides is 1. The molecule has 0 radical (unpaired) electrons. The molecule has 1 N–H and O–H groups in total. The van der Waals surface area contributed by atoms with Crippen LogP contribution in [0.1, 0.15) is 23.2 Å². The Balaban J connectivity index is 2.11. The molecule has 1 saturated heterocycles. The van der Waals surface area contributed by atoms with E-state index in [1.54, 1.807) is 7.05 Å². The van der Waals surface area contributed by atoms with Crippen LogP contribution in [0.4, 0.5) is 5.69 Å². The van der Waals surface area contributed by atoms with Gasteiger partial charge in [-0.3, -0.25) is 14.9 Å². The predicted octanol–water partition coefficient (Wildman–Crippen LogP) is 1.80. The first kappa shape index (κ1) is 15.2. The molecule has 0 saturated carbocycles. The van der Waals surface area contributed by atoms with Gasteiger partial charge < -0.3 is 14.7 Å². The number of phenolic OH excluding ortho intramolecular Hbond substituents is 1. The second kappa shape index (κ2) is 6.53. The van der Waals surface area contributed by atoms with Crippen molar-refractivity contribution in [2.75, 3.05) is 26.8 Å². The Kier molecular flexibility index (Phi) is 4.74. The van der Waals surface area contributed by atoms with Gasteiger partial charge in [0.15, 0.2) is 0 Å². The molecule has 1 heterocycles. The zero-order chi connectivity index (χ0) is 15.4. The Morgan fingerprint density at radius 2 is 2.14 bits per heavy atom. The van der Waals surface area contributed by atoms with Gasteiger partial charge in [0.05, 0.1) is 10.5 Å². The zero-order valence-electron chi connectivity index (χ0n) is 11.8. The van der Waals surface area contributed by atoms with Gasteiger partial charge in [-0.1, -0.05) is 6.07 Å². The second-order valence-corrected chi connectivity index (χ2v) is 5.17. The summed E-state index contributed by atoms with van der Waals surface area (Å²) in [5, 5.41) is 20.7. The first-order valence-corrected chi connectivity index (χ1v) is 6.80. The number of aromatic hydroxyl groups is 1. The lowest BCUT2D eigenvalue weighted by Crippen LogP contribution is -2.34. The normalized spacial score (nSPS) is 15.7. The largest absolute Gasteiger partial charge is 0.502 e. The molecule has 0 unspecified atom stereocenters. The fourth-order valence-corrected chi connectivity index (χ4v) is 2.46. The van der Waals surface area contributed by atoms with E-state index in [2.05, 4.69) is 0 Å². The van der Waals surface area contributed by atoms with E-state index in [9.17, 15) is 20.0 Å². The summed E-state index contributed by atoms with van der Waals surface area (Å²) in [5.41, 5.74) is -0.501. The van der Waals surface area contributed by atoms with E-state index in [0.29, 0.717) is 25.7 Å². The molecular formula is C14H18N2O5. The van der Waals surface area contributed by atoms with Crippen molar-refractivity contribution in [1.82, 2.24) is 4.90 Å². The summed E-state index contributed by atoms with van der Waals surface area (Å²) in [4.78, 5) is 23.9. The van der Waals surface area contributed by atoms with Crippen molar-refractivity contribution in [3.8, 4) is 5.75 Å². The van der Waals surface area contributed by atoms with Gasteiger partial charge in [0.2, 0.25) is 5.75 Å². The summed E-state index contributed by atoms with van der Waals surface area (Å²) in [7, 11) is 1.63. The number of nitrogens with zero attached hydrogens (tertiary/aromatic N) is 2. The molecule has 0 spiro atoms. The van der Waals surface area contributed by atoms with Crippen LogP contribution in [-0.4, -0.2) is 47.6 Å². The number of rotatable bonds is 4. The minimum atomic E-state index is -0.704. The van der Waals surface area contributed by atoms with Gasteiger partial charge in [0.1, 0.15) is 0 Å². The predicted molar refractivity (Wildman–Crippen MR) is 75.3 cm³/mol. The lowest BCUT2D eigenvalue weighted by molar-refractivity contribution is -0.385. The number of nitro benzene ring substituents is 1. The summed E-state index contributed by atoms with van der Waals surface area (Å²) in [5.74, 6) is -0.637. The molecule has 1 aliphatic heterocycles. The van der Waals surface area contributed by atoms with Crippen molar-refractivity contribution < 1.29 is 19.6 Å². The van der Waals surface area contributed by atoms with Crippen LogP contribution in [0, 0.1) is 16.0 Å². The van der Waals surface area contributed by atoms with Gasteiger partial charge in [0.25, 0.3) is 5.91 Å². The molecule has 7 heteroatoms. The Labute approximate surface area is 122 Å². The molecule has 0 aliphatic carbocycles. The number of hydrogen-bond acceptors (Lipinski definition) is 5. The Bertz CT molecular complexity index is 540. The third-order valence-electron chi connectivity index (χ3n) is 3.66. The van der Waals surface area contributed by atoms with E-state index in [4.69, 9.17) is 4.74 Å². The van der Waals surface area contributed by atoms with Crippen molar-refractivity contribution in [2.24, 2.45) is 5.92 Å². The smallest absolute Gasteiger partial charge is 0.311 e. The quantitative estimate of drug-likeness (QED) is 0.675. The molecule has 1 aromatic rings. The van der Waals surface area contributed by atoms with Crippen molar-refractivity contribution >= 4 is 11.6 Å². The van der Waals surface area contributed by atoms with Crippen LogP contribution in [0.15, 0.2) is 18.2 Å². The van der Waals surface area contributed by atoms with E-state index in [1.807, 2.05) is 0 Å². The van der Waals surface area contributed by atoms with Gasteiger partial charge in [-0.05, 0) is 24.8 Å². The SMILES string of the molecule is CN(CC1CCOCC1)C(=O)c1cccc([N+](=O)[O-])c1O. The van der Waals surface area contributed by atoms with Crippen LogP contribution in [0.5, 0.6) is 5.75 Å². The molecule has 2 rings (SSSR count). The third kappa shape index (κ3) is 3.49. The highest BCUT2D eigenvalue weighted by molar-refractivity contribution is 5.97. The zero-order valence-corrected chi connectivity index (χ0v) is 11.8. The van der Waals surface area contributed by atoms with E-state index >= 15 is 0 Å². The maximum atomic E-state index is 12.3. The average molecular weight is 294 g/mol. The standard InChI is InChI=1S/C14H18N2O5/c1-15(9-10-5-7-21-8-6-10)14(18)11-3-2-4-12(13(11)17)16(19)20/h2-4,10,17H,5-9H2,1H3. The molecule has 7 nitrogen and oxygen atoms in total.